The quantitative estimate of drug-likeness (QED) is 0.706. The molecule has 2 N–H and O–H groups in total. The standard InChI is InChI=1S/C8H16N2O3S/c1-4-6(9)5-10-7(11)8(2,3)14(10,12)13/h6H,4-5,9H2,1-3H3. The molecule has 0 aromatic rings. The van der Waals surface area contributed by atoms with Crippen molar-refractivity contribution < 1.29 is 13.2 Å². The van der Waals surface area contributed by atoms with Crippen molar-refractivity contribution in [1.82, 2.24) is 4.31 Å². The zero-order valence-corrected chi connectivity index (χ0v) is 9.47. The molecule has 1 atom stereocenters. The summed E-state index contributed by atoms with van der Waals surface area (Å²) in [5.74, 6) is -0.360. The molecule has 1 aliphatic heterocycles. The van der Waals surface area contributed by atoms with E-state index in [4.69, 9.17) is 5.73 Å². The molecule has 0 aromatic heterocycles. The number of carbonyl (C=O) groups excluding carboxylic acids is 1. The largest absolute Gasteiger partial charge is 0.326 e. The van der Waals surface area contributed by atoms with Gasteiger partial charge in [-0.25, -0.2) is 12.7 Å². The summed E-state index contributed by atoms with van der Waals surface area (Å²) in [6.45, 7) is 4.78. The third-order valence-corrected chi connectivity index (χ3v) is 4.96. The molecule has 1 unspecified atom stereocenters. The predicted octanol–water partition coefficient (Wildman–Crippen LogP) is -0.326. The SMILES string of the molecule is CCC(N)CN1C(=O)C(C)(C)S1(=O)=O. The number of amides is 1. The molecule has 1 aliphatic rings. The lowest BCUT2D eigenvalue weighted by molar-refractivity contribution is -0.132. The molecule has 1 amide bonds. The molecule has 0 saturated carbocycles. The van der Waals surface area contributed by atoms with Gasteiger partial charge in [-0.15, -0.1) is 0 Å². The summed E-state index contributed by atoms with van der Waals surface area (Å²) in [6, 6.07) is -0.273. The minimum absolute atomic E-state index is 0.0983. The summed E-state index contributed by atoms with van der Waals surface area (Å²) < 4.78 is 22.8. The van der Waals surface area contributed by atoms with Gasteiger partial charge in [-0.1, -0.05) is 6.92 Å². The highest BCUT2D eigenvalue weighted by atomic mass is 32.2. The van der Waals surface area contributed by atoms with Gasteiger partial charge in [-0.3, -0.25) is 4.79 Å². The zero-order valence-electron chi connectivity index (χ0n) is 8.65. The van der Waals surface area contributed by atoms with Crippen molar-refractivity contribution in [1.29, 1.82) is 0 Å². The van der Waals surface area contributed by atoms with Crippen LogP contribution in [0.5, 0.6) is 0 Å². The fourth-order valence-corrected chi connectivity index (χ4v) is 2.86. The van der Waals surface area contributed by atoms with Gasteiger partial charge in [0.05, 0.1) is 6.54 Å². The Morgan fingerprint density at radius 2 is 2.00 bits per heavy atom. The van der Waals surface area contributed by atoms with Gasteiger partial charge in [0.1, 0.15) is 0 Å². The smallest absolute Gasteiger partial charge is 0.258 e. The fraction of sp³-hybridized carbons (Fsp3) is 0.875. The first kappa shape index (κ1) is 11.5. The number of hydrogen-bond donors (Lipinski definition) is 1. The first-order valence-corrected chi connectivity index (χ1v) is 6.01. The van der Waals surface area contributed by atoms with Crippen LogP contribution >= 0.6 is 0 Å². The van der Waals surface area contributed by atoms with E-state index < -0.39 is 14.8 Å². The van der Waals surface area contributed by atoms with Gasteiger partial charge in [-0.05, 0) is 20.3 Å². The summed E-state index contributed by atoms with van der Waals surface area (Å²) >= 11 is 0. The van der Waals surface area contributed by atoms with Crippen LogP contribution in [-0.4, -0.2) is 36.0 Å². The van der Waals surface area contributed by atoms with Crippen LogP contribution in [0.3, 0.4) is 0 Å². The second-order valence-corrected chi connectivity index (χ2v) is 6.43. The molecule has 1 rings (SSSR count). The second kappa shape index (κ2) is 3.20. The highest BCUT2D eigenvalue weighted by molar-refractivity contribution is 7.94. The molecule has 5 nitrogen and oxygen atoms in total. The molecule has 1 heterocycles. The molecule has 1 fully saturated rings. The van der Waals surface area contributed by atoms with E-state index in [0.29, 0.717) is 6.42 Å². The van der Waals surface area contributed by atoms with Gasteiger partial charge in [0.2, 0.25) is 0 Å². The minimum Gasteiger partial charge on any atom is -0.326 e. The van der Waals surface area contributed by atoms with Gasteiger partial charge in [0.15, 0.2) is 4.75 Å². The predicted molar refractivity (Wildman–Crippen MR) is 53.0 cm³/mol. The number of rotatable bonds is 3. The molecule has 0 aromatic carbocycles. The Hall–Kier alpha value is -0.620. The molecule has 0 spiro atoms. The van der Waals surface area contributed by atoms with Crippen molar-refractivity contribution in [3.8, 4) is 0 Å². The van der Waals surface area contributed by atoms with Gasteiger partial charge in [0.25, 0.3) is 15.9 Å². The van der Waals surface area contributed by atoms with Gasteiger partial charge < -0.3 is 5.73 Å². The monoisotopic (exact) mass is 220 g/mol. The topological polar surface area (TPSA) is 80.5 Å². The zero-order chi connectivity index (χ0) is 11.1. The number of nitrogens with two attached hydrogens (primary N) is 1. The van der Waals surface area contributed by atoms with E-state index in [2.05, 4.69) is 0 Å². The molecule has 0 bridgehead atoms. The van der Waals surface area contributed by atoms with E-state index in [1.807, 2.05) is 6.92 Å². The Labute approximate surface area is 84.3 Å². The van der Waals surface area contributed by atoms with Crippen molar-refractivity contribution in [3.05, 3.63) is 0 Å². The molecule has 0 aliphatic carbocycles. The van der Waals surface area contributed by atoms with E-state index in [1.54, 1.807) is 0 Å². The molecule has 14 heavy (non-hydrogen) atoms. The molecule has 82 valence electrons. The summed E-state index contributed by atoms with van der Waals surface area (Å²) in [5, 5.41) is 0. The van der Waals surface area contributed by atoms with Gasteiger partial charge >= 0.3 is 0 Å². The van der Waals surface area contributed by atoms with Crippen LogP contribution in [0.25, 0.3) is 0 Å². The highest BCUT2D eigenvalue weighted by Crippen LogP contribution is 2.34. The van der Waals surface area contributed by atoms with Crippen molar-refractivity contribution in [3.63, 3.8) is 0 Å². The number of carbonyl (C=O) groups is 1. The van der Waals surface area contributed by atoms with Crippen LogP contribution in [0.1, 0.15) is 27.2 Å². The first-order valence-electron chi connectivity index (χ1n) is 4.57. The van der Waals surface area contributed by atoms with E-state index in [1.165, 1.54) is 13.8 Å². The Bertz CT molecular complexity index is 348. The lowest BCUT2D eigenvalue weighted by Crippen LogP contribution is -2.68. The maximum Gasteiger partial charge on any atom is 0.258 e. The lowest BCUT2D eigenvalue weighted by Gasteiger charge is -2.43. The molecule has 0 radical (unpaired) electrons. The van der Waals surface area contributed by atoms with E-state index in [-0.39, 0.29) is 18.5 Å². The highest BCUT2D eigenvalue weighted by Gasteiger charge is 2.60. The third kappa shape index (κ3) is 1.33. The van der Waals surface area contributed by atoms with E-state index in [0.717, 1.165) is 4.31 Å². The Balaban J connectivity index is 2.82. The first-order chi connectivity index (χ1) is 6.25. The molecular weight excluding hydrogens is 204 g/mol. The van der Waals surface area contributed by atoms with Crippen molar-refractivity contribution in [2.45, 2.75) is 38.0 Å². The van der Waals surface area contributed by atoms with Crippen LogP contribution in [0.4, 0.5) is 0 Å². The van der Waals surface area contributed by atoms with E-state index >= 15 is 0 Å². The Morgan fingerprint density at radius 1 is 1.50 bits per heavy atom. The van der Waals surface area contributed by atoms with Gasteiger partial charge in [0, 0.05) is 6.04 Å². The van der Waals surface area contributed by atoms with E-state index in [9.17, 15) is 13.2 Å². The number of hydrogen-bond acceptors (Lipinski definition) is 4. The molecular formula is C8H16N2O3S. The minimum atomic E-state index is -3.45. The van der Waals surface area contributed by atoms with Crippen LogP contribution in [-0.2, 0) is 14.8 Å². The van der Waals surface area contributed by atoms with Crippen LogP contribution < -0.4 is 5.73 Å². The summed E-state index contributed by atoms with van der Waals surface area (Å²) in [6.07, 6.45) is 0.653. The Morgan fingerprint density at radius 3 is 2.36 bits per heavy atom. The normalized spacial score (nSPS) is 25.7. The van der Waals surface area contributed by atoms with Crippen molar-refractivity contribution in [2.24, 2.45) is 5.73 Å². The Kier molecular flexibility index (Phi) is 2.62. The van der Waals surface area contributed by atoms with Crippen molar-refractivity contribution >= 4 is 15.9 Å². The van der Waals surface area contributed by atoms with Crippen LogP contribution in [0.2, 0.25) is 0 Å². The van der Waals surface area contributed by atoms with Gasteiger partial charge in [-0.2, -0.15) is 0 Å². The average Bonchev–Trinajstić information content (AvgIpc) is 2.12. The summed E-state index contributed by atoms with van der Waals surface area (Å²) in [5.41, 5.74) is 5.60. The lowest BCUT2D eigenvalue weighted by atomic mass is 10.1. The van der Waals surface area contributed by atoms with Crippen molar-refractivity contribution in [2.75, 3.05) is 6.54 Å². The second-order valence-electron chi connectivity index (χ2n) is 4.02. The maximum absolute atomic E-state index is 11.6. The van der Waals surface area contributed by atoms with Crippen LogP contribution in [0.15, 0.2) is 0 Å². The summed E-state index contributed by atoms with van der Waals surface area (Å²) in [7, 11) is -3.45. The number of sulfonamides is 1. The maximum atomic E-state index is 11.6. The fourth-order valence-electron chi connectivity index (χ4n) is 1.28. The third-order valence-electron chi connectivity index (χ3n) is 2.60. The molecule has 1 saturated heterocycles. The molecule has 6 heteroatoms. The van der Waals surface area contributed by atoms with Crippen LogP contribution in [0, 0.1) is 0 Å². The average molecular weight is 220 g/mol. The number of nitrogens with zero attached hydrogens (tertiary/aromatic N) is 1. The summed E-state index contributed by atoms with van der Waals surface area (Å²) in [4.78, 5) is 11.4.